The van der Waals surface area contributed by atoms with Gasteiger partial charge in [0.25, 0.3) is 0 Å². The average molecular weight is 313 g/mol. The number of nitrogens with one attached hydrogen (secondary N) is 1. The van der Waals surface area contributed by atoms with Gasteiger partial charge in [0.05, 0.1) is 13.2 Å². The Morgan fingerprint density at radius 1 is 0.913 bits per heavy atom. The maximum absolute atomic E-state index is 5.89. The van der Waals surface area contributed by atoms with Crippen LogP contribution in [0.4, 0.5) is 0 Å². The minimum atomic E-state index is 0.549. The lowest BCUT2D eigenvalue weighted by atomic mass is 10.1. The summed E-state index contributed by atoms with van der Waals surface area (Å²) in [5, 5.41) is 3.41. The third-order valence-corrected chi connectivity index (χ3v) is 3.81. The van der Waals surface area contributed by atoms with E-state index in [4.69, 9.17) is 9.47 Å². The van der Waals surface area contributed by atoms with E-state index < -0.39 is 0 Å². The van der Waals surface area contributed by atoms with Gasteiger partial charge in [-0.3, -0.25) is 0 Å². The number of hydrogen-bond acceptors (Lipinski definition) is 3. The van der Waals surface area contributed by atoms with Crippen molar-refractivity contribution < 1.29 is 9.47 Å². The number of rotatable bonds is 10. The molecule has 0 amide bonds. The molecule has 2 aromatic carbocycles. The van der Waals surface area contributed by atoms with E-state index in [1.807, 2.05) is 36.4 Å². The highest BCUT2D eigenvalue weighted by atomic mass is 16.5. The fraction of sp³-hybridized carbons (Fsp3) is 0.400. The Bertz CT molecular complexity index is 557. The Labute approximate surface area is 139 Å². The zero-order valence-electron chi connectivity index (χ0n) is 14.1. The van der Waals surface area contributed by atoms with Gasteiger partial charge in [-0.2, -0.15) is 0 Å². The first kappa shape index (κ1) is 17.5. The number of ether oxygens (including phenoxy) is 2. The van der Waals surface area contributed by atoms with Crippen molar-refractivity contribution in [3.8, 4) is 16.9 Å². The standard InChI is InChI=1S/C20H27NO2/c1-3-17(2)21-13-14-22-15-16-23-20-12-8-7-11-19(20)18-9-5-4-6-10-18/h4-12,17,21H,3,13-16H2,1-2H3/t17-/m1/s1. The summed E-state index contributed by atoms with van der Waals surface area (Å²) in [6.45, 7) is 7.13. The zero-order valence-corrected chi connectivity index (χ0v) is 14.1. The Morgan fingerprint density at radius 3 is 2.43 bits per heavy atom. The van der Waals surface area contributed by atoms with Crippen molar-refractivity contribution in [3.05, 3.63) is 54.6 Å². The molecule has 0 aliphatic rings. The first-order valence-electron chi connectivity index (χ1n) is 8.39. The molecule has 2 aromatic rings. The van der Waals surface area contributed by atoms with Crippen molar-refractivity contribution in [2.24, 2.45) is 0 Å². The summed E-state index contributed by atoms with van der Waals surface area (Å²) in [5.74, 6) is 0.903. The topological polar surface area (TPSA) is 30.5 Å². The van der Waals surface area contributed by atoms with Crippen LogP contribution < -0.4 is 10.1 Å². The van der Waals surface area contributed by atoms with Gasteiger partial charge in [-0.1, -0.05) is 55.5 Å². The van der Waals surface area contributed by atoms with Gasteiger partial charge >= 0.3 is 0 Å². The van der Waals surface area contributed by atoms with Crippen molar-refractivity contribution in [2.75, 3.05) is 26.4 Å². The molecule has 0 unspecified atom stereocenters. The first-order valence-corrected chi connectivity index (χ1v) is 8.39. The molecular weight excluding hydrogens is 286 g/mol. The summed E-state index contributed by atoms with van der Waals surface area (Å²) in [4.78, 5) is 0. The maximum atomic E-state index is 5.89. The molecule has 0 saturated heterocycles. The van der Waals surface area contributed by atoms with Crippen molar-refractivity contribution >= 4 is 0 Å². The van der Waals surface area contributed by atoms with Crippen molar-refractivity contribution in [1.29, 1.82) is 0 Å². The van der Waals surface area contributed by atoms with Crippen LogP contribution in [0.2, 0.25) is 0 Å². The minimum Gasteiger partial charge on any atom is -0.491 e. The first-order chi connectivity index (χ1) is 11.3. The molecule has 2 rings (SSSR count). The van der Waals surface area contributed by atoms with Crippen molar-refractivity contribution in [2.45, 2.75) is 26.3 Å². The molecule has 0 heterocycles. The highest BCUT2D eigenvalue weighted by Gasteiger charge is 2.05. The van der Waals surface area contributed by atoms with Crippen LogP contribution in [0.25, 0.3) is 11.1 Å². The highest BCUT2D eigenvalue weighted by Crippen LogP contribution is 2.29. The van der Waals surface area contributed by atoms with Gasteiger partial charge in [-0.05, 0) is 25.0 Å². The Morgan fingerprint density at radius 2 is 1.65 bits per heavy atom. The molecule has 3 nitrogen and oxygen atoms in total. The fourth-order valence-corrected chi connectivity index (χ4v) is 2.28. The van der Waals surface area contributed by atoms with Crippen molar-refractivity contribution in [1.82, 2.24) is 5.32 Å². The van der Waals surface area contributed by atoms with Gasteiger partial charge < -0.3 is 14.8 Å². The lowest BCUT2D eigenvalue weighted by molar-refractivity contribution is 0.101. The summed E-state index contributed by atoms with van der Waals surface area (Å²) in [6, 6.07) is 19.0. The van der Waals surface area contributed by atoms with E-state index in [1.165, 1.54) is 5.56 Å². The molecule has 124 valence electrons. The average Bonchev–Trinajstić information content (AvgIpc) is 2.61. The Kier molecular flexibility index (Phi) is 7.64. The van der Waals surface area contributed by atoms with E-state index in [9.17, 15) is 0 Å². The van der Waals surface area contributed by atoms with Gasteiger partial charge in [0.2, 0.25) is 0 Å². The quantitative estimate of drug-likeness (QED) is 0.669. The minimum absolute atomic E-state index is 0.549. The normalized spacial score (nSPS) is 12.1. The molecule has 0 bridgehead atoms. The molecule has 0 saturated carbocycles. The van der Waals surface area contributed by atoms with Crippen LogP contribution in [0, 0.1) is 0 Å². The molecule has 0 aliphatic heterocycles. The summed E-state index contributed by atoms with van der Waals surface area (Å²) >= 11 is 0. The van der Waals surface area contributed by atoms with Gasteiger partial charge in [0.15, 0.2) is 0 Å². The second-order valence-electron chi connectivity index (χ2n) is 5.59. The largest absolute Gasteiger partial charge is 0.491 e. The smallest absolute Gasteiger partial charge is 0.127 e. The molecule has 3 heteroatoms. The predicted octanol–water partition coefficient (Wildman–Crippen LogP) is 4.14. The summed E-state index contributed by atoms with van der Waals surface area (Å²) < 4.78 is 11.5. The zero-order chi connectivity index (χ0) is 16.3. The van der Waals surface area contributed by atoms with E-state index in [-0.39, 0.29) is 0 Å². The van der Waals surface area contributed by atoms with Crippen LogP contribution in [-0.2, 0) is 4.74 Å². The summed E-state index contributed by atoms with van der Waals surface area (Å²) in [6.07, 6.45) is 1.14. The lowest BCUT2D eigenvalue weighted by Crippen LogP contribution is -2.29. The van der Waals surface area contributed by atoms with Crippen LogP contribution in [0.15, 0.2) is 54.6 Å². The van der Waals surface area contributed by atoms with Gasteiger partial charge in [0, 0.05) is 18.2 Å². The van der Waals surface area contributed by atoms with Crippen molar-refractivity contribution in [3.63, 3.8) is 0 Å². The van der Waals surface area contributed by atoms with E-state index >= 15 is 0 Å². The second kappa shape index (κ2) is 10.0. The fourth-order valence-electron chi connectivity index (χ4n) is 2.28. The van der Waals surface area contributed by atoms with Crippen LogP contribution in [0.1, 0.15) is 20.3 Å². The van der Waals surface area contributed by atoms with E-state index in [2.05, 4.69) is 37.4 Å². The number of benzene rings is 2. The molecule has 0 aliphatic carbocycles. The summed E-state index contributed by atoms with van der Waals surface area (Å²) in [7, 11) is 0. The molecule has 1 N–H and O–H groups in total. The molecule has 0 fully saturated rings. The predicted molar refractivity (Wildman–Crippen MR) is 95.9 cm³/mol. The highest BCUT2D eigenvalue weighted by molar-refractivity contribution is 5.70. The molecule has 0 aromatic heterocycles. The lowest BCUT2D eigenvalue weighted by Gasteiger charge is -2.13. The number of para-hydroxylation sites is 1. The molecule has 0 spiro atoms. The van der Waals surface area contributed by atoms with E-state index in [1.54, 1.807) is 0 Å². The molecular formula is C20H27NO2. The van der Waals surface area contributed by atoms with E-state index in [0.29, 0.717) is 25.9 Å². The number of hydrogen-bond donors (Lipinski definition) is 1. The van der Waals surface area contributed by atoms with Crippen LogP contribution >= 0.6 is 0 Å². The van der Waals surface area contributed by atoms with Gasteiger partial charge in [-0.15, -0.1) is 0 Å². The molecule has 0 radical (unpaired) electrons. The third-order valence-electron chi connectivity index (χ3n) is 3.81. The SMILES string of the molecule is CC[C@@H](C)NCCOCCOc1ccccc1-c1ccccc1. The maximum Gasteiger partial charge on any atom is 0.127 e. The summed E-state index contributed by atoms with van der Waals surface area (Å²) in [5.41, 5.74) is 2.29. The van der Waals surface area contributed by atoms with Crippen LogP contribution in [-0.4, -0.2) is 32.4 Å². The van der Waals surface area contributed by atoms with Gasteiger partial charge in [-0.25, -0.2) is 0 Å². The monoisotopic (exact) mass is 313 g/mol. The molecule has 23 heavy (non-hydrogen) atoms. The van der Waals surface area contributed by atoms with Crippen LogP contribution in [0.3, 0.4) is 0 Å². The second-order valence-corrected chi connectivity index (χ2v) is 5.59. The van der Waals surface area contributed by atoms with Gasteiger partial charge in [0.1, 0.15) is 12.4 Å². The Balaban J connectivity index is 1.74. The molecule has 1 atom stereocenters. The Hall–Kier alpha value is -1.84. The van der Waals surface area contributed by atoms with E-state index in [0.717, 1.165) is 24.3 Å². The third kappa shape index (κ3) is 6.05. The van der Waals surface area contributed by atoms with Crippen LogP contribution in [0.5, 0.6) is 5.75 Å².